The highest BCUT2D eigenvalue weighted by Crippen LogP contribution is 2.17. The van der Waals surface area contributed by atoms with Crippen molar-refractivity contribution in [3.05, 3.63) is 47.0 Å². The number of imidazole rings is 1. The minimum atomic E-state index is 0.591. The monoisotopic (exact) mass is 215 g/mol. The summed E-state index contributed by atoms with van der Waals surface area (Å²) in [7, 11) is 0. The summed E-state index contributed by atoms with van der Waals surface area (Å²) < 4.78 is 2.10. The minimum absolute atomic E-state index is 0.591. The summed E-state index contributed by atoms with van der Waals surface area (Å²) in [6.45, 7) is 6.78. The SMILES string of the molecule is Cc1cc(-n2cnc(C)c2C)ccc1CN. The molecule has 0 saturated carbocycles. The molecule has 16 heavy (non-hydrogen) atoms. The number of benzene rings is 1. The van der Waals surface area contributed by atoms with Crippen molar-refractivity contribution in [2.24, 2.45) is 5.73 Å². The Morgan fingerprint density at radius 2 is 2.00 bits per heavy atom. The molecular formula is C13H17N3. The van der Waals surface area contributed by atoms with E-state index in [1.807, 2.05) is 13.3 Å². The van der Waals surface area contributed by atoms with Gasteiger partial charge in [-0.3, -0.25) is 0 Å². The molecule has 84 valence electrons. The molecule has 3 nitrogen and oxygen atoms in total. The highest BCUT2D eigenvalue weighted by atomic mass is 15.1. The number of nitrogens with zero attached hydrogens (tertiary/aromatic N) is 2. The van der Waals surface area contributed by atoms with E-state index >= 15 is 0 Å². The molecule has 2 aromatic rings. The van der Waals surface area contributed by atoms with Crippen LogP contribution in [0.4, 0.5) is 0 Å². The van der Waals surface area contributed by atoms with Crippen molar-refractivity contribution in [2.75, 3.05) is 0 Å². The van der Waals surface area contributed by atoms with Gasteiger partial charge in [0.1, 0.15) is 0 Å². The van der Waals surface area contributed by atoms with E-state index in [9.17, 15) is 0 Å². The van der Waals surface area contributed by atoms with Crippen molar-refractivity contribution in [2.45, 2.75) is 27.3 Å². The Labute approximate surface area is 95.9 Å². The zero-order valence-corrected chi connectivity index (χ0v) is 9.99. The second-order valence-corrected chi connectivity index (χ2v) is 4.10. The zero-order chi connectivity index (χ0) is 11.7. The summed E-state index contributed by atoms with van der Waals surface area (Å²) in [5, 5.41) is 0. The van der Waals surface area contributed by atoms with E-state index in [0.717, 1.165) is 11.4 Å². The predicted octanol–water partition coefficient (Wildman–Crippen LogP) is 2.26. The van der Waals surface area contributed by atoms with Crippen LogP contribution in [0.15, 0.2) is 24.5 Å². The Kier molecular flexibility index (Phi) is 2.79. The van der Waals surface area contributed by atoms with E-state index in [-0.39, 0.29) is 0 Å². The molecule has 0 spiro atoms. The fourth-order valence-corrected chi connectivity index (χ4v) is 1.82. The van der Waals surface area contributed by atoms with Gasteiger partial charge in [0.05, 0.1) is 12.0 Å². The first-order valence-electron chi connectivity index (χ1n) is 5.44. The molecule has 0 atom stereocenters. The quantitative estimate of drug-likeness (QED) is 0.835. The second kappa shape index (κ2) is 4.10. The third-order valence-electron chi connectivity index (χ3n) is 3.08. The van der Waals surface area contributed by atoms with Gasteiger partial charge in [-0.05, 0) is 44.0 Å². The standard InChI is InChI=1S/C13H17N3/c1-9-6-13(5-4-12(9)7-14)16-8-15-10(2)11(16)3/h4-6,8H,7,14H2,1-3H3. The maximum Gasteiger partial charge on any atom is 0.0997 e. The molecule has 0 fully saturated rings. The highest BCUT2D eigenvalue weighted by molar-refractivity contribution is 5.41. The molecule has 1 heterocycles. The van der Waals surface area contributed by atoms with Crippen LogP contribution in [0.5, 0.6) is 0 Å². The van der Waals surface area contributed by atoms with Gasteiger partial charge in [0.2, 0.25) is 0 Å². The van der Waals surface area contributed by atoms with E-state index in [2.05, 4.69) is 41.6 Å². The lowest BCUT2D eigenvalue weighted by Crippen LogP contribution is -2.01. The van der Waals surface area contributed by atoms with Crippen LogP contribution in [0.1, 0.15) is 22.5 Å². The van der Waals surface area contributed by atoms with Crippen LogP contribution in [0.3, 0.4) is 0 Å². The Morgan fingerprint density at radius 1 is 1.25 bits per heavy atom. The molecule has 0 amide bonds. The molecular weight excluding hydrogens is 198 g/mol. The first-order chi connectivity index (χ1) is 7.63. The summed E-state index contributed by atoms with van der Waals surface area (Å²) in [5.74, 6) is 0. The topological polar surface area (TPSA) is 43.8 Å². The zero-order valence-electron chi connectivity index (χ0n) is 9.99. The molecule has 0 aliphatic rings. The summed E-state index contributed by atoms with van der Waals surface area (Å²) in [6.07, 6.45) is 1.86. The van der Waals surface area contributed by atoms with Crippen LogP contribution in [-0.4, -0.2) is 9.55 Å². The highest BCUT2D eigenvalue weighted by Gasteiger charge is 2.05. The second-order valence-electron chi connectivity index (χ2n) is 4.10. The smallest absolute Gasteiger partial charge is 0.0997 e. The molecule has 0 radical (unpaired) electrons. The van der Waals surface area contributed by atoms with Crippen LogP contribution in [0.25, 0.3) is 5.69 Å². The van der Waals surface area contributed by atoms with Gasteiger partial charge in [-0.1, -0.05) is 6.07 Å². The lowest BCUT2D eigenvalue weighted by molar-refractivity contribution is 0.984. The van der Waals surface area contributed by atoms with Crippen LogP contribution in [-0.2, 0) is 6.54 Å². The summed E-state index contributed by atoms with van der Waals surface area (Å²) in [5.41, 5.74) is 11.5. The van der Waals surface area contributed by atoms with Gasteiger partial charge in [0, 0.05) is 17.9 Å². The number of hydrogen-bond acceptors (Lipinski definition) is 2. The van der Waals surface area contributed by atoms with Crippen molar-refractivity contribution < 1.29 is 0 Å². The fourth-order valence-electron chi connectivity index (χ4n) is 1.82. The summed E-state index contributed by atoms with van der Waals surface area (Å²) in [6, 6.07) is 6.32. The lowest BCUT2D eigenvalue weighted by Gasteiger charge is -2.09. The number of hydrogen-bond donors (Lipinski definition) is 1. The van der Waals surface area contributed by atoms with Gasteiger partial charge in [-0.15, -0.1) is 0 Å². The van der Waals surface area contributed by atoms with Crippen LogP contribution >= 0.6 is 0 Å². The van der Waals surface area contributed by atoms with E-state index in [1.54, 1.807) is 0 Å². The molecule has 2 rings (SSSR count). The summed E-state index contributed by atoms with van der Waals surface area (Å²) >= 11 is 0. The molecule has 1 aromatic heterocycles. The van der Waals surface area contributed by atoms with E-state index in [1.165, 1.54) is 16.8 Å². The summed E-state index contributed by atoms with van der Waals surface area (Å²) in [4.78, 5) is 4.30. The molecule has 3 heteroatoms. The molecule has 0 aliphatic carbocycles. The van der Waals surface area contributed by atoms with Crippen molar-refractivity contribution in [1.82, 2.24) is 9.55 Å². The normalized spacial score (nSPS) is 10.8. The van der Waals surface area contributed by atoms with Crippen molar-refractivity contribution in [3.8, 4) is 5.69 Å². The average Bonchev–Trinajstić information content (AvgIpc) is 2.60. The lowest BCUT2D eigenvalue weighted by atomic mass is 10.1. The van der Waals surface area contributed by atoms with Gasteiger partial charge in [0.25, 0.3) is 0 Å². The number of aromatic nitrogens is 2. The Bertz CT molecular complexity index is 512. The largest absolute Gasteiger partial charge is 0.326 e. The predicted molar refractivity (Wildman–Crippen MR) is 65.7 cm³/mol. The third kappa shape index (κ3) is 1.74. The van der Waals surface area contributed by atoms with Crippen LogP contribution in [0, 0.1) is 20.8 Å². The fraction of sp³-hybridized carbons (Fsp3) is 0.308. The Hall–Kier alpha value is -1.61. The van der Waals surface area contributed by atoms with E-state index in [4.69, 9.17) is 5.73 Å². The molecule has 0 bridgehead atoms. The maximum absolute atomic E-state index is 5.65. The van der Waals surface area contributed by atoms with Crippen molar-refractivity contribution >= 4 is 0 Å². The number of rotatable bonds is 2. The third-order valence-corrected chi connectivity index (χ3v) is 3.08. The number of nitrogens with two attached hydrogens (primary N) is 1. The Morgan fingerprint density at radius 3 is 2.50 bits per heavy atom. The number of aryl methyl sites for hydroxylation is 2. The maximum atomic E-state index is 5.65. The van der Waals surface area contributed by atoms with Crippen LogP contribution in [0.2, 0.25) is 0 Å². The van der Waals surface area contributed by atoms with Crippen LogP contribution < -0.4 is 5.73 Å². The van der Waals surface area contributed by atoms with Gasteiger partial charge >= 0.3 is 0 Å². The molecule has 0 unspecified atom stereocenters. The average molecular weight is 215 g/mol. The first-order valence-corrected chi connectivity index (χ1v) is 5.44. The van der Waals surface area contributed by atoms with Gasteiger partial charge in [0.15, 0.2) is 0 Å². The Balaban J connectivity index is 2.49. The van der Waals surface area contributed by atoms with Gasteiger partial charge < -0.3 is 10.3 Å². The molecule has 0 saturated heterocycles. The first kappa shape index (κ1) is 10.9. The molecule has 1 aromatic carbocycles. The van der Waals surface area contributed by atoms with Gasteiger partial charge in [-0.25, -0.2) is 4.98 Å². The van der Waals surface area contributed by atoms with Crippen molar-refractivity contribution in [1.29, 1.82) is 0 Å². The van der Waals surface area contributed by atoms with Crippen molar-refractivity contribution in [3.63, 3.8) is 0 Å². The molecule has 2 N–H and O–H groups in total. The van der Waals surface area contributed by atoms with E-state index in [0.29, 0.717) is 6.54 Å². The molecule has 0 aliphatic heterocycles. The van der Waals surface area contributed by atoms with E-state index < -0.39 is 0 Å². The minimum Gasteiger partial charge on any atom is -0.326 e. The van der Waals surface area contributed by atoms with Gasteiger partial charge in [-0.2, -0.15) is 0 Å².